The number of esters is 1. The van der Waals surface area contributed by atoms with Crippen LogP contribution in [-0.4, -0.2) is 12.6 Å². The van der Waals surface area contributed by atoms with Gasteiger partial charge in [-0.25, -0.2) is 0 Å². The van der Waals surface area contributed by atoms with E-state index in [1.807, 2.05) is 24.3 Å². The SMILES string of the molecule is CCCCCCCCCCCCCCCCCCOC(=O)C1c2ccccc2-c2ccccc21. The van der Waals surface area contributed by atoms with Gasteiger partial charge in [-0.15, -0.1) is 0 Å². The van der Waals surface area contributed by atoms with Crippen LogP contribution in [-0.2, 0) is 9.53 Å². The summed E-state index contributed by atoms with van der Waals surface area (Å²) in [6.45, 7) is 2.82. The lowest BCUT2D eigenvalue weighted by molar-refractivity contribution is -0.144. The minimum absolute atomic E-state index is 0.0987. The normalized spacial score (nSPS) is 12.5. The summed E-state index contributed by atoms with van der Waals surface area (Å²) >= 11 is 0. The highest BCUT2D eigenvalue weighted by Crippen LogP contribution is 2.45. The number of hydrogen-bond donors (Lipinski definition) is 0. The number of ether oxygens (including phenoxy) is 1. The standard InChI is InChI=1S/C32H46O2/c1-2-3-4-5-6-7-8-9-10-11-12-13-14-15-16-21-26-34-32(33)31-29-24-19-17-22-27(29)28-23-18-20-25-30(28)31/h17-20,22-25,31H,2-16,21,26H2,1H3. The largest absolute Gasteiger partial charge is 0.465 e. The molecule has 2 aromatic carbocycles. The molecule has 0 N–H and O–H groups in total. The highest BCUT2D eigenvalue weighted by atomic mass is 16.5. The second-order valence-electron chi connectivity index (χ2n) is 10.1. The van der Waals surface area contributed by atoms with Crippen LogP contribution in [0.5, 0.6) is 0 Å². The molecule has 1 aliphatic rings. The summed E-state index contributed by atoms with van der Waals surface area (Å²) in [6, 6.07) is 16.5. The third kappa shape index (κ3) is 8.29. The summed E-state index contributed by atoms with van der Waals surface area (Å²) in [5.74, 6) is -0.369. The van der Waals surface area contributed by atoms with Crippen LogP contribution in [0.4, 0.5) is 0 Å². The number of hydrogen-bond acceptors (Lipinski definition) is 2. The van der Waals surface area contributed by atoms with Crippen LogP contribution in [0.2, 0.25) is 0 Å². The maximum atomic E-state index is 12.9. The molecule has 0 saturated heterocycles. The summed E-state index contributed by atoms with van der Waals surface area (Å²) in [6.07, 6.45) is 21.6. The predicted octanol–water partition coefficient (Wildman–Crippen LogP) is 9.60. The van der Waals surface area contributed by atoms with Gasteiger partial charge in [0.2, 0.25) is 0 Å². The zero-order chi connectivity index (χ0) is 23.8. The van der Waals surface area contributed by atoms with E-state index in [1.165, 1.54) is 101 Å². The van der Waals surface area contributed by atoms with Crippen LogP contribution in [0.3, 0.4) is 0 Å². The van der Waals surface area contributed by atoms with Crippen LogP contribution in [0.1, 0.15) is 127 Å². The van der Waals surface area contributed by atoms with Crippen molar-refractivity contribution < 1.29 is 9.53 Å². The van der Waals surface area contributed by atoms with Gasteiger partial charge in [0, 0.05) is 0 Å². The molecule has 0 unspecified atom stereocenters. The molecule has 3 rings (SSSR count). The number of carbonyl (C=O) groups excluding carboxylic acids is 1. The highest BCUT2D eigenvalue weighted by molar-refractivity contribution is 5.93. The molecule has 2 heteroatoms. The fourth-order valence-electron chi connectivity index (χ4n) is 5.32. The van der Waals surface area contributed by atoms with Gasteiger partial charge in [-0.3, -0.25) is 4.79 Å². The smallest absolute Gasteiger partial charge is 0.317 e. The number of benzene rings is 2. The number of rotatable bonds is 18. The van der Waals surface area contributed by atoms with Gasteiger partial charge in [0.15, 0.2) is 0 Å². The van der Waals surface area contributed by atoms with E-state index in [0.29, 0.717) is 6.61 Å². The van der Waals surface area contributed by atoms with E-state index < -0.39 is 0 Å². The molecule has 0 bridgehead atoms. The molecule has 0 atom stereocenters. The molecule has 0 aromatic heterocycles. The molecule has 0 aliphatic heterocycles. The average molecular weight is 463 g/mol. The molecule has 0 fully saturated rings. The van der Waals surface area contributed by atoms with E-state index in [9.17, 15) is 4.79 Å². The summed E-state index contributed by atoms with van der Waals surface area (Å²) in [4.78, 5) is 12.9. The maximum Gasteiger partial charge on any atom is 0.317 e. The maximum absolute atomic E-state index is 12.9. The summed E-state index contributed by atoms with van der Waals surface area (Å²) < 4.78 is 5.72. The van der Waals surface area contributed by atoms with Crippen LogP contribution >= 0.6 is 0 Å². The molecule has 2 nitrogen and oxygen atoms in total. The summed E-state index contributed by atoms with van der Waals surface area (Å²) in [5, 5.41) is 0. The number of fused-ring (bicyclic) bond motifs is 3. The van der Waals surface area contributed by atoms with Crippen LogP contribution in [0.25, 0.3) is 11.1 Å². The van der Waals surface area contributed by atoms with E-state index in [0.717, 1.165) is 24.0 Å². The third-order valence-electron chi connectivity index (χ3n) is 7.31. The van der Waals surface area contributed by atoms with Crippen molar-refractivity contribution in [3.8, 4) is 11.1 Å². The minimum atomic E-state index is -0.270. The van der Waals surface area contributed by atoms with Crippen molar-refractivity contribution in [2.45, 2.75) is 116 Å². The summed E-state index contributed by atoms with van der Waals surface area (Å²) in [5.41, 5.74) is 4.51. The van der Waals surface area contributed by atoms with Crippen LogP contribution < -0.4 is 0 Å². The fraction of sp³-hybridized carbons (Fsp3) is 0.594. The first-order valence-corrected chi connectivity index (χ1v) is 14.2. The van der Waals surface area contributed by atoms with Crippen molar-refractivity contribution in [3.05, 3.63) is 59.7 Å². The number of unbranched alkanes of at least 4 members (excludes halogenated alkanes) is 15. The lowest BCUT2D eigenvalue weighted by Crippen LogP contribution is -2.16. The van der Waals surface area contributed by atoms with E-state index in [1.54, 1.807) is 0 Å². The second kappa shape index (κ2) is 15.7. The van der Waals surface area contributed by atoms with Gasteiger partial charge in [0.1, 0.15) is 5.92 Å². The molecule has 34 heavy (non-hydrogen) atoms. The first kappa shape index (κ1) is 26.5. The Balaban J connectivity index is 1.18. The monoisotopic (exact) mass is 462 g/mol. The molecular formula is C32H46O2. The second-order valence-corrected chi connectivity index (χ2v) is 10.1. The Morgan fingerprint density at radius 1 is 0.588 bits per heavy atom. The van der Waals surface area contributed by atoms with E-state index >= 15 is 0 Å². The topological polar surface area (TPSA) is 26.3 Å². The van der Waals surface area contributed by atoms with Gasteiger partial charge in [-0.1, -0.05) is 152 Å². The molecule has 186 valence electrons. The fourth-order valence-corrected chi connectivity index (χ4v) is 5.32. The molecule has 0 amide bonds. The Morgan fingerprint density at radius 2 is 0.971 bits per heavy atom. The van der Waals surface area contributed by atoms with Crippen molar-refractivity contribution in [2.24, 2.45) is 0 Å². The minimum Gasteiger partial charge on any atom is -0.465 e. The molecule has 0 spiro atoms. The van der Waals surface area contributed by atoms with E-state index in [-0.39, 0.29) is 11.9 Å². The van der Waals surface area contributed by atoms with Gasteiger partial charge in [-0.05, 0) is 28.7 Å². The molecule has 2 aromatic rings. The van der Waals surface area contributed by atoms with Crippen molar-refractivity contribution in [1.29, 1.82) is 0 Å². The molecule has 0 saturated carbocycles. The molecule has 0 radical (unpaired) electrons. The summed E-state index contributed by atoms with van der Waals surface area (Å²) in [7, 11) is 0. The molecular weight excluding hydrogens is 416 g/mol. The zero-order valence-electron chi connectivity index (χ0n) is 21.5. The Labute approximate surface area is 208 Å². The first-order chi connectivity index (χ1) is 16.8. The van der Waals surface area contributed by atoms with Gasteiger partial charge in [0.25, 0.3) is 0 Å². The van der Waals surface area contributed by atoms with Gasteiger partial charge in [-0.2, -0.15) is 0 Å². The van der Waals surface area contributed by atoms with Crippen LogP contribution in [0.15, 0.2) is 48.5 Å². The lowest BCUT2D eigenvalue weighted by Gasteiger charge is -2.13. The predicted molar refractivity (Wildman–Crippen MR) is 144 cm³/mol. The van der Waals surface area contributed by atoms with Crippen molar-refractivity contribution >= 4 is 5.97 Å². The zero-order valence-corrected chi connectivity index (χ0v) is 21.5. The van der Waals surface area contributed by atoms with Crippen molar-refractivity contribution in [3.63, 3.8) is 0 Å². The van der Waals surface area contributed by atoms with E-state index in [4.69, 9.17) is 4.74 Å². The lowest BCUT2D eigenvalue weighted by atomic mass is 9.97. The highest BCUT2D eigenvalue weighted by Gasteiger charge is 2.34. The quantitative estimate of drug-likeness (QED) is 0.163. The van der Waals surface area contributed by atoms with Gasteiger partial charge >= 0.3 is 5.97 Å². The average Bonchev–Trinajstić information content (AvgIpc) is 3.20. The van der Waals surface area contributed by atoms with Crippen molar-refractivity contribution in [1.82, 2.24) is 0 Å². The Kier molecular flexibility index (Phi) is 12.3. The van der Waals surface area contributed by atoms with Crippen molar-refractivity contribution in [2.75, 3.05) is 6.61 Å². The molecule has 1 aliphatic carbocycles. The Hall–Kier alpha value is -2.09. The van der Waals surface area contributed by atoms with Crippen LogP contribution in [0, 0.1) is 0 Å². The third-order valence-corrected chi connectivity index (χ3v) is 7.31. The van der Waals surface area contributed by atoms with Gasteiger partial charge < -0.3 is 4.74 Å². The number of carbonyl (C=O) groups is 1. The van der Waals surface area contributed by atoms with E-state index in [2.05, 4.69) is 31.2 Å². The van der Waals surface area contributed by atoms with Gasteiger partial charge in [0.05, 0.1) is 6.61 Å². The molecule has 0 heterocycles. The Bertz CT molecular complexity index is 795. The first-order valence-electron chi connectivity index (χ1n) is 14.2. The Morgan fingerprint density at radius 3 is 1.41 bits per heavy atom.